The number of hydrogen-bond acceptors (Lipinski definition) is 1. The van der Waals surface area contributed by atoms with Gasteiger partial charge in [0.2, 0.25) is 0 Å². The lowest BCUT2D eigenvalue weighted by Gasteiger charge is -2.25. The first-order chi connectivity index (χ1) is 10.3. The number of unbranched alkanes of at least 4 members (excludes halogenated alkanes) is 1. The van der Waals surface area contributed by atoms with E-state index < -0.39 is 0 Å². The molecule has 0 bridgehead atoms. The van der Waals surface area contributed by atoms with Crippen molar-refractivity contribution < 1.29 is 4.74 Å². The van der Waals surface area contributed by atoms with Crippen LogP contribution in [0.4, 0.5) is 0 Å². The topological polar surface area (TPSA) is 9.23 Å². The van der Waals surface area contributed by atoms with Crippen molar-refractivity contribution in [2.45, 2.75) is 39.0 Å². The molecule has 0 aromatic heterocycles. The molecule has 0 fully saturated rings. The zero-order valence-corrected chi connectivity index (χ0v) is 13.4. The van der Waals surface area contributed by atoms with Crippen LogP contribution in [0.25, 0.3) is 0 Å². The first-order valence-electron chi connectivity index (χ1n) is 7.95. The van der Waals surface area contributed by atoms with E-state index in [-0.39, 0.29) is 0 Å². The van der Waals surface area contributed by atoms with Crippen LogP contribution in [-0.2, 0) is 0 Å². The summed E-state index contributed by atoms with van der Waals surface area (Å²) in [4.78, 5) is 0. The first-order valence-corrected chi connectivity index (χ1v) is 7.95. The van der Waals surface area contributed by atoms with Crippen LogP contribution in [-0.4, -0.2) is 7.11 Å². The second-order valence-electron chi connectivity index (χ2n) is 5.78. The number of rotatable bonds is 7. The third-order valence-electron chi connectivity index (χ3n) is 4.22. The Bertz CT molecular complexity index is 515. The quantitative estimate of drug-likeness (QED) is 0.637. The average Bonchev–Trinajstić information content (AvgIpc) is 2.55. The minimum Gasteiger partial charge on any atom is -0.497 e. The number of hydrogen-bond donors (Lipinski definition) is 0. The minimum absolute atomic E-state index is 0.462. The first kappa shape index (κ1) is 15.6. The molecule has 0 saturated carbocycles. The molecule has 21 heavy (non-hydrogen) atoms. The van der Waals surface area contributed by atoms with Gasteiger partial charge in [0.05, 0.1) is 7.11 Å². The van der Waals surface area contributed by atoms with Crippen molar-refractivity contribution in [3.8, 4) is 5.75 Å². The van der Waals surface area contributed by atoms with Gasteiger partial charge in [-0.2, -0.15) is 0 Å². The summed E-state index contributed by atoms with van der Waals surface area (Å²) in [5.74, 6) is 2.02. The second-order valence-corrected chi connectivity index (χ2v) is 5.78. The van der Waals surface area contributed by atoms with Crippen LogP contribution in [0.15, 0.2) is 54.6 Å². The van der Waals surface area contributed by atoms with Gasteiger partial charge in [0.15, 0.2) is 0 Å². The van der Waals surface area contributed by atoms with Gasteiger partial charge >= 0.3 is 0 Å². The summed E-state index contributed by atoms with van der Waals surface area (Å²) < 4.78 is 5.28. The fraction of sp³-hybridized carbons (Fsp3) is 0.400. The summed E-state index contributed by atoms with van der Waals surface area (Å²) in [7, 11) is 1.72. The van der Waals surface area contributed by atoms with Crippen molar-refractivity contribution in [1.29, 1.82) is 0 Å². The normalized spacial score (nSPS) is 13.7. The van der Waals surface area contributed by atoms with Gasteiger partial charge in [-0.15, -0.1) is 0 Å². The molecule has 112 valence electrons. The van der Waals surface area contributed by atoms with E-state index in [0.29, 0.717) is 11.8 Å². The highest BCUT2D eigenvalue weighted by molar-refractivity contribution is 5.36. The molecule has 0 aliphatic heterocycles. The number of benzene rings is 2. The molecule has 2 aromatic rings. The van der Waals surface area contributed by atoms with Gasteiger partial charge in [0.1, 0.15) is 5.75 Å². The van der Waals surface area contributed by atoms with Crippen molar-refractivity contribution in [3.63, 3.8) is 0 Å². The molecular formula is C20H26O. The maximum Gasteiger partial charge on any atom is 0.118 e. The van der Waals surface area contributed by atoms with Crippen molar-refractivity contribution in [2.75, 3.05) is 7.11 Å². The van der Waals surface area contributed by atoms with Gasteiger partial charge in [-0.25, -0.2) is 0 Å². The summed E-state index contributed by atoms with van der Waals surface area (Å²) in [5.41, 5.74) is 2.79. The fourth-order valence-corrected chi connectivity index (χ4v) is 3.01. The lowest BCUT2D eigenvalue weighted by Crippen LogP contribution is -2.11. The van der Waals surface area contributed by atoms with Gasteiger partial charge in [0, 0.05) is 5.92 Å². The molecule has 2 aromatic carbocycles. The number of ether oxygens (including phenoxy) is 1. The summed E-state index contributed by atoms with van der Waals surface area (Å²) >= 11 is 0. The molecule has 0 amide bonds. The SMILES string of the molecule is CCCCC(C)C(c1ccccc1)c1ccc(OC)cc1. The summed E-state index contributed by atoms with van der Waals surface area (Å²) in [6.45, 7) is 4.63. The molecule has 2 unspecified atom stereocenters. The van der Waals surface area contributed by atoms with E-state index in [1.165, 1.54) is 30.4 Å². The van der Waals surface area contributed by atoms with Crippen molar-refractivity contribution in [1.82, 2.24) is 0 Å². The molecule has 1 nitrogen and oxygen atoms in total. The van der Waals surface area contributed by atoms with Crippen LogP contribution < -0.4 is 4.74 Å². The molecule has 1 heteroatoms. The molecule has 0 heterocycles. The van der Waals surface area contributed by atoms with Crippen LogP contribution in [0.1, 0.15) is 50.2 Å². The second kappa shape index (κ2) is 7.87. The Morgan fingerprint density at radius 3 is 2.10 bits per heavy atom. The molecule has 2 rings (SSSR count). The van der Waals surface area contributed by atoms with E-state index in [1.807, 2.05) is 0 Å². The van der Waals surface area contributed by atoms with Crippen molar-refractivity contribution >= 4 is 0 Å². The largest absolute Gasteiger partial charge is 0.497 e. The third kappa shape index (κ3) is 4.10. The van der Waals surface area contributed by atoms with E-state index in [4.69, 9.17) is 4.74 Å². The van der Waals surface area contributed by atoms with Crippen LogP contribution in [0.5, 0.6) is 5.75 Å². The zero-order chi connectivity index (χ0) is 15.1. The van der Waals surface area contributed by atoms with Gasteiger partial charge in [-0.1, -0.05) is 69.2 Å². The minimum atomic E-state index is 0.462. The molecular weight excluding hydrogens is 256 g/mol. The molecule has 0 aliphatic rings. The van der Waals surface area contributed by atoms with Crippen molar-refractivity contribution in [2.24, 2.45) is 5.92 Å². The molecule has 0 radical (unpaired) electrons. The Kier molecular flexibility index (Phi) is 5.86. The van der Waals surface area contributed by atoms with Crippen LogP contribution in [0.3, 0.4) is 0 Å². The lowest BCUT2D eigenvalue weighted by atomic mass is 9.79. The van der Waals surface area contributed by atoms with Crippen LogP contribution in [0.2, 0.25) is 0 Å². The zero-order valence-electron chi connectivity index (χ0n) is 13.4. The van der Waals surface area contributed by atoms with Gasteiger partial charge < -0.3 is 4.74 Å². The summed E-state index contributed by atoms with van der Waals surface area (Å²) in [6.07, 6.45) is 3.82. The average molecular weight is 282 g/mol. The fourth-order valence-electron chi connectivity index (χ4n) is 3.01. The Morgan fingerprint density at radius 2 is 1.52 bits per heavy atom. The molecule has 2 atom stereocenters. The molecule has 0 N–H and O–H groups in total. The van der Waals surface area contributed by atoms with E-state index in [1.54, 1.807) is 7.11 Å². The Balaban J connectivity index is 2.30. The maximum atomic E-state index is 5.28. The van der Waals surface area contributed by atoms with Crippen LogP contribution in [0, 0.1) is 5.92 Å². The van der Waals surface area contributed by atoms with E-state index in [9.17, 15) is 0 Å². The standard InChI is InChI=1S/C20H26O/c1-4-5-9-16(2)20(17-10-7-6-8-11-17)18-12-14-19(21-3)15-13-18/h6-8,10-16,20H,4-5,9H2,1-3H3. The van der Waals surface area contributed by atoms with Gasteiger partial charge in [0.25, 0.3) is 0 Å². The highest BCUT2D eigenvalue weighted by atomic mass is 16.5. The Labute approximate surface area is 129 Å². The smallest absolute Gasteiger partial charge is 0.118 e. The maximum absolute atomic E-state index is 5.28. The Hall–Kier alpha value is -1.76. The predicted octanol–water partition coefficient (Wildman–Crippen LogP) is 5.65. The molecule has 0 spiro atoms. The predicted molar refractivity (Wildman–Crippen MR) is 90.0 cm³/mol. The van der Waals surface area contributed by atoms with E-state index >= 15 is 0 Å². The number of methoxy groups -OCH3 is 1. The highest BCUT2D eigenvalue weighted by Crippen LogP contribution is 2.35. The van der Waals surface area contributed by atoms with Gasteiger partial charge in [-0.05, 0) is 35.6 Å². The Morgan fingerprint density at radius 1 is 0.905 bits per heavy atom. The van der Waals surface area contributed by atoms with E-state index in [0.717, 1.165) is 5.75 Å². The summed E-state index contributed by atoms with van der Waals surface area (Å²) in [5, 5.41) is 0. The molecule has 0 aliphatic carbocycles. The van der Waals surface area contributed by atoms with Crippen molar-refractivity contribution in [3.05, 3.63) is 65.7 Å². The monoisotopic (exact) mass is 282 g/mol. The van der Waals surface area contributed by atoms with Gasteiger partial charge in [-0.3, -0.25) is 0 Å². The van der Waals surface area contributed by atoms with Crippen LogP contribution >= 0.6 is 0 Å². The van der Waals surface area contributed by atoms with E-state index in [2.05, 4.69) is 68.4 Å². The highest BCUT2D eigenvalue weighted by Gasteiger charge is 2.20. The summed E-state index contributed by atoms with van der Waals surface area (Å²) in [6, 6.07) is 19.4. The molecule has 0 saturated heterocycles. The third-order valence-corrected chi connectivity index (χ3v) is 4.22. The lowest BCUT2D eigenvalue weighted by molar-refractivity contribution is 0.413.